The van der Waals surface area contributed by atoms with Crippen molar-refractivity contribution in [1.29, 1.82) is 0 Å². The van der Waals surface area contributed by atoms with Crippen molar-refractivity contribution >= 4 is 0 Å². The van der Waals surface area contributed by atoms with Crippen molar-refractivity contribution in [3.8, 4) is 5.75 Å². The van der Waals surface area contributed by atoms with Gasteiger partial charge in [-0.15, -0.1) is 0 Å². The van der Waals surface area contributed by atoms with E-state index in [1.165, 1.54) is 31.2 Å². The molecule has 1 fully saturated rings. The number of rotatable bonds is 3. The largest absolute Gasteiger partial charge is 0.493 e. The molecule has 20 heavy (non-hydrogen) atoms. The predicted octanol–water partition coefficient (Wildman–Crippen LogP) is 2.75. The van der Waals surface area contributed by atoms with Crippen LogP contribution in [0.3, 0.4) is 0 Å². The smallest absolute Gasteiger partial charge is 0.122 e. The molecule has 3 rings (SSSR count). The molecule has 0 spiro atoms. The highest BCUT2D eigenvalue weighted by Crippen LogP contribution is 2.34. The first-order chi connectivity index (χ1) is 9.74. The van der Waals surface area contributed by atoms with Gasteiger partial charge in [-0.3, -0.25) is 0 Å². The van der Waals surface area contributed by atoms with E-state index in [2.05, 4.69) is 36.2 Å². The molecule has 0 aromatic heterocycles. The van der Waals surface area contributed by atoms with Crippen molar-refractivity contribution in [2.24, 2.45) is 5.73 Å². The van der Waals surface area contributed by atoms with Crippen molar-refractivity contribution in [3.63, 3.8) is 0 Å². The molecule has 0 amide bonds. The topological polar surface area (TPSA) is 38.5 Å². The van der Waals surface area contributed by atoms with Gasteiger partial charge in [-0.1, -0.05) is 18.2 Å². The molecule has 1 atom stereocenters. The van der Waals surface area contributed by atoms with Crippen LogP contribution < -0.4 is 10.5 Å². The molecule has 1 aromatic rings. The van der Waals surface area contributed by atoms with Crippen LogP contribution in [-0.2, 0) is 0 Å². The van der Waals surface area contributed by atoms with Gasteiger partial charge in [0.25, 0.3) is 0 Å². The second kappa shape index (κ2) is 6.15. The number of hydrogen-bond acceptors (Lipinski definition) is 3. The van der Waals surface area contributed by atoms with Crippen molar-refractivity contribution in [1.82, 2.24) is 4.90 Å². The zero-order valence-corrected chi connectivity index (χ0v) is 12.4. The number of nitrogens with two attached hydrogens (primary N) is 1. The van der Waals surface area contributed by atoms with Crippen LogP contribution in [0.4, 0.5) is 0 Å². The van der Waals surface area contributed by atoms with Crippen LogP contribution in [0.2, 0.25) is 0 Å². The molecule has 0 bridgehead atoms. The molecule has 1 unspecified atom stereocenters. The van der Waals surface area contributed by atoms with Gasteiger partial charge < -0.3 is 15.4 Å². The maximum absolute atomic E-state index is 6.01. The van der Waals surface area contributed by atoms with Gasteiger partial charge in [0.15, 0.2) is 0 Å². The maximum Gasteiger partial charge on any atom is 0.122 e. The second-order valence-electron chi connectivity index (χ2n) is 6.38. The lowest BCUT2D eigenvalue weighted by Crippen LogP contribution is -2.41. The fraction of sp³-hybridized carbons (Fsp3) is 0.647. The highest BCUT2D eigenvalue weighted by Gasteiger charge is 2.27. The van der Waals surface area contributed by atoms with Gasteiger partial charge in [0.05, 0.1) is 6.61 Å². The van der Waals surface area contributed by atoms with Crippen LogP contribution in [0.5, 0.6) is 5.75 Å². The quantitative estimate of drug-likeness (QED) is 0.921. The summed E-state index contributed by atoms with van der Waals surface area (Å²) >= 11 is 0. The molecule has 2 N–H and O–H groups in total. The molecule has 1 aromatic carbocycles. The zero-order valence-electron chi connectivity index (χ0n) is 12.4. The van der Waals surface area contributed by atoms with Crippen LogP contribution in [0.15, 0.2) is 24.3 Å². The summed E-state index contributed by atoms with van der Waals surface area (Å²) in [5.74, 6) is 1.70. The number of ether oxygens (including phenoxy) is 1. The third-order valence-corrected chi connectivity index (χ3v) is 4.96. The van der Waals surface area contributed by atoms with Gasteiger partial charge in [0, 0.05) is 24.5 Å². The number of likely N-dealkylation sites (N-methyl/N-ethyl adjacent to an activating group) is 1. The van der Waals surface area contributed by atoms with Crippen LogP contribution in [-0.4, -0.2) is 37.2 Å². The van der Waals surface area contributed by atoms with Crippen LogP contribution >= 0.6 is 0 Å². The van der Waals surface area contributed by atoms with E-state index in [-0.39, 0.29) is 0 Å². The molecule has 1 aliphatic carbocycles. The maximum atomic E-state index is 6.01. The molecule has 0 radical (unpaired) electrons. The SMILES string of the molecule is CN(CC1CCOc2ccccc21)C1CCC(N)CC1. The number of hydrogen-bond donors (Lipinski definition) is 1. The fourth-order valence-corrected chi connectivity index (χ4v) is 3.64. The Morgan fingerprint density at radius 1 is 1.15 bits per heavy atom. The van der Waals surface area contributed by atoms with Gasteiger partial charge in [-0.05, 0) is 50.8 Å². The first-order valence-electron chi connectivity index (χ1n) is 7.91. The monoisotopic (exact) mass is 274 g/mol. The van der Waals surface area contributed by atoms with E-state index < -0.39 is 0 Å². The highest BCUT2D eigenvalue weighted by molar-refractivity contribution is 5.37. The number of para-hydroxylation sites is 1. The van der Waals surface area contributed by atoms with Crippen molar-refractivity contribution < 1.29 is 4.74 Å². The van der Waals surface area contributed by atoms with Crippen LogP contribution in [0.1, 0.15) is 43.6 Å². The first kappa shape index (κ1) is 13.9. The highest BCUT2D eigenvalue weighted by atomic mass is 16.5. The number of nitrogens with zero attached hydrogens (tertiary/aromatic N) is 1. The van der Waals surface area contributed by atoms with Crippen LogP contribution in [0.25, 0.3) is 0 Å². The summed E-state index contributed by atoms with van der Waals surface area (Å²) in [6, 6.07) is 9.66. The van der Waals surface area contributed by atoms with Crippen molar-refractivity contribution in [3.05, 3.63) is 29.8 Å². The normalized spacial score (nSPS) is 29.9. The van der Waals surface area contributed by atoms with Crippen molar-refractivity contribution in [2.45, 2.75) is 50.1 Å². The first-order valence-corrected chi connectivity index (χ1v) is 7.91. The zero-order chi connectivity index (χ0) is 13.9. The summed E-state index contributed by atoms with van der Waals surface area (Å²) in [5.41, 5.74) is 7.40. The minimum absolute atomic E-state index is 0.434. The fourth-order valence-electron chi connectivity index (χ4n) is 3.64. The van der Waals surface area contributed by atoms with Gasteiger partial charge in [-0.2, -0.15) is 0 Å². The molecule has 3 heteroatoms. The molecule has 0 saturated heterocycles. The molecule has 110 valence electrons. The van der Waals surface area contributed by atoms with E-state index in [1.54, 1.807) is 0 Å². The summed E-state index contributed by atoms with van der Waals surface area (Å²) in [6.45, 7) is 1.99. The third kappa shape index (κ3) is 2.99. The summed E-state index contributed by atoms with van der Waals surface area (Å²) in [5, 5.41) is 0. The minimum atomic E-state index is 0.434. The summed E-state index contributed by atoms with van der Waals surface area (Å²) in [6.07, 6.45) is 6.00. The Morgan fingerprint density at radius 2 is 1.90 bits per heavy atom. The molecular weight excluding hydrogens is 248 g/mol. The Hall–Kier alpha value is -1.06. The predicted molar refractivity (Wildman–Crippen MR) is 82.2 cm³/mol. The van der Waals surface area contributed by atoms with Crippen LogP contribution in [0, 0.1) is 0 Å². The van der Waals surface area contributed by atoms with Gasteiger partial charge >= 0.3 is 0 Å². The Morgan fingerprint density at radius 3 is 2.70 bits per heavy atom. The van der Waals surface area contributed by atoms with E-state index in [1.807, 2.05) is 0 Å². The Balaban J connectivity index is 1.63. The Labute approximate surface area is 122 Å². The molecule has 1 aliphatic heterocycles. The van der Waals surface area contributed by atoms with E-state index in [4.69, 9.17) is 10.5 Å². The molecule has 3 nitrogen and oxygen atoms in total. The number of fused-ring (bicyclic) bond motifs is 1. The lowest BCUT2D eigenvalue weighted by molar-refractivity contribution is 0.159. The molecule has 1 heterocycles. The Bertz CT molecular complexity index is 440. The van der Waals surface area contributed by atoms with E-state index >= 15 is 0 Å². The average Bonchev–Trinajstić information content (AvgIpc) is 2.48. The van der Waals surface area contributed by atoms with Gasteiger partial charge in [0.2, 0.25) is 0 Å². The third-order valence-electron chi connectivity index (χ3n) is 4.96. The standard InChI is InChI=1S/C17H26N2O/c1-19(15-8-6-14(18)7-9-15)12-13-10-11-20-17-5-3-2-4-16(13)17/h2-5,13-15H,6-12,18H2,1H3. The summed E-state index contributed by atoms with van der Waals surface area (Å²) in [7, 11) is 2.28. The average molecular weight is 274 g/mol. The minimum Gasteiger partial charge on any atom is -0.493 e. The second-order valence-corrected chi connectivity index (χ2v) is 6.38. The van der Waals surface area contributed by atoms with Gasteiger partial charge in [0.1, 0.15) is 5.75 Å². The van der Waals surface area contributed by atoms with Gasteiger partial charge in [-0.25, -0.2) is 0 Å². The van der Waals surface area contributed by atoms with E-state index in [0.29, 0.717) is 18.0 Å². The Kier molecular flexibility index (Phi) is 4.27. The summed E-state index contributed by atoms with van der Waals surface area (Å²) < 4.78 is 5.76. The lowest BCUT2D eigenvalue weighted by atomic mass is 9.88. The van der Waals surface area contributed by atoms with Crippen molar-refractivity contribution in [2.75, 3.05) is 20.2 Å². The number of benzene rings is 1. The van der Waals surface area contributed by atoms with E-state index in [0.717, 1.165) is 25.3 Å². The molecule has 1 saturated carbocycles. The molecule has 2 aliphatic rings. The molecular formula is C17H26N2O. The summed E-state index contributed by atoms with van der Waals surface area (Å²) in [4.78, 5) is 2.55. The lowest BCUT2D eigenvalue weighted by Gasteiger charge is -2.36. The van der Waals surface area contributed by atoms with E-state index in [9.17, 15) is 0 Å².